The van der Waals surface area contributed by atoms with E-state index < -0.39 is 0 Å². The van der Waals surface area contributed by atoms with Crippen molar-refractivity contribution in [2.75, 3.05) is 33.2 Å². The molecule has 6 heteroatoms. The van der Waals surface area contributed by atoms with E-state index in [0.29, 0.717) is 12.5 Å². The van der Waals surface area contributed by atoms with E-state index in [-0.39, 0.29) is 11.4 Å². The second-order valence-electron chi connectivity index (χ2n) is 8.54. The molecule has 0 aromatic carbocycles. The van der Waals surface area contributed by atoms with Crippen LogP contribution in [-0.4, -0.2) is 64.0 Å². The maximum atomic E-state index is 11.8. The van der Waals surface area contributed by atoms with Gasteiger partial charge in [0, 0.05) is 56.9 Å². The number of amides is 1. The van der Waals surface area contributed by atoms with Crippen molar-refractivity contribution < 1.29 is 4.79 Å². The molecule has 26 heavy (non-hydrogen) atoms. The Morgan fingerprint density at radius 2 is 2.08 bits per heavy atom. The molecule has 3 fully saturated rings. The second-order valence-corrected chi connectivity index (χ2v) is 8.54. The highest BCUT2D eigenvalue weighted by Gasteiger charge is 2.41. The number of carbonyl (C=O) groups excluding carboxylic acids is 1. The van der Waals surface area contributed by atoms with Crippen LogP contribution in [0.3, 0.4) is 0 Å². The molecule has 2 saturated heterocycles. The molecule has 1 saturated carbocycles. The van der Waals surface area contributed by atoms with E-state index >= 15 is 0 Å². The molecule has 0 radical (unpaired) electrons. The molecule has 1 aliphatic carbocycles. The van der Waals surface area contributed by atoms with Gasteiger partial charge in [-0.15, -0.1) is 0 Å². The van der Waals surface area contributed by atoms with E-state index in [0.717, 1.165) is 45.6 Å². The first-order valence-corrected chi connectivity index (χ1v) is 10.4. The summed E-state index contributed by atoms with van der Waals surface area (Å²) in [5, 5.41) is 3.05. The number of likely N-dealkylation sites (N-methyl/N-ethyl adjacent to an activating group) is 1. The summed E-state index contributed by atoms with van der Waals surface area (Å²) in [5.41, 5.74) is 1.49. The lowest BCUT2D eigenvalue weighted by atomic mass is 9.86. The first-order chi connectivity index (χ1) is 12.7. The SMILES string of the molecule is CN1CCN(Cc2cncn2C2CCCCC2)C[C@]12CCNC(=O)CC2. The minimum absolute atomic E-state index is 0.132. The Kier molecular flexibility index (Phi) is 5.32. The lowest BCUT2D eigenvalue weighted by Gasteiger charge is -2.49. The van der Waals surface area contributed by atoms with Crippen molar-refractivity contribution in [3.63, 3.8) is 0 Å². The molecule has 1 atom stereocenters. The van der Waals surface area contributed by atoms with Crippen molar-refractivity contribution in [1.29, 1.82) is 0 Å². The highest BCUT2D eigenvalue weighted by molar-refractivity contribution is 5.76. The normalized spacial score (nSPS) is 29.7. The largest absolute Gasteiger partial charge is 0.356 e. The lowest BCUT2D eigenvalue weighted by Crippen LogP contribution is -2.60. The van der Waals surface area contributed by atoms with Crippen LogP contribution in [0, 0.1) is 0 Å². The van der Waals surface area contributed by atoms with Gasteiger partial charge in [-0.25, -0.2) is 4.98 Å². The zero-order valence-electron chi connectivity index (χ0n) is 16.1. The third kappa shape index (κ3) is 3.67. The summed E-state index contributed by atoms with van der Waals surface area (Å²) in [6.07, 6.45) is 13.5. The van der Waals surface area contributed by atoms with Crippen LogP contribution in [0.4, 0.5) is 0 Å². The zero-order valence-corrected chi connectivity index (χ0v) is 16.1. The molecule has 1 aromatic rings. The predicted octanol–water partition coefficient (Wildman–Crippen LogP) is 2.17. The van der Waals surface area contributed by atoms with Gasteiger partial charge in [0.05, 0.1) is 12.0 Å². The highest BCUT2D eigenvalue weighted by atomic mass is 16.1. The summed E-state index contributed by atoms with van der Waals surface area (Å²) < 4.78 is 2.45. The average Bonchev–Trinajstić information content (AvgIpc) is 3.03. The summed E-state index contributed by atoms with van der Waals surface area (Å²) >= 11 is 0. The molecular formula is C20H33N5O. The Labute approximate surface area is 156 Å². The number of rotatable bonds is 3. The van der Waals surface area contributed by atoms with Crippen LogP contribution in [-0.2, 0) is 11.3 Å². The Morgan fingerprint density at radius 1 is 1.23 bits per heavy atom. The van der Waals surface area contributed by atoms with Crippen molar-refractivity contribution in [2.45, 2.75) is 69.5 Å². The summed E-state index contributed by atoms with van der Waals surface area (Å²) in [6.45, 7) is 5.00. The smallest absolute Gasteiger partial charge is 0.220 e. The van der Waals surface area contributed by atoms with Gasteiger partial charge in [0.15, 0.2) is 0 Å². The summed E-state index contributed by atoms with van der Waals surface area (Å²) in [5.74, 6) is 0.211. The molecule has 3 heterocycles. The van der Waals surface area contributed by atoms with E-state index in [2.05, 4.69) is 37.9 Å². The minimum Gasteiger partial charge on any atom is -0.356 e. The van der Waals surface area contributed by atoms with E-state index in [1.54, 1.807) is 0 Å². The molecule has 3 aliphatic rings. The summed E-state index contributed by atoms with van der Waals surface area (Å²) in [7, 11) is 2.24. The molecule has 144 valence electrons. The van der Waals surface area contributed by atoms with Crippen molar-refractivity contribution >= 4 is 5.91 Å². The van der Waals surface area contributed by atoms with Crippen molar-refractivity contribution in [3.05, 3.63) is 18.2 Å². The molecule has 1 spiro atoms. The monoisotopic (exact) mass is 359 g/mol. The fourth-order valence-electron chi connectivity index (χ4n) is 5.19. The van der Waals surface area contributed by atoms with Gasteiger partial charge in [0.2, 0.25) is 5.91 Å². The Hall–Kier alpha value is -1.40. The highest BCUT2D eigenvalue weighted by Crippen LogP contribution is 2.32. The number of carbonyl (C=O) groups is 1. The Balaban J connectivity index is 1.46. The standard InChI is InChI=1S/C20H33N5O/c1-23-11-12-24(15-20(23)8-7-19(26)22-10-9-20)14-18-13-21-16-25(18)17-5-3-2-4-6-17/h13,16-17H,2-12,14-15H2,1H3,(H,22,26)/t20-/m0/s1. The van der Waals surface area contributed by atoms with Gasteiger partial charge < -0.3 is 9.88 Å². The number of nitrogens with zero attached hydrogens (tertiary/aromatic N) is 4. The number of hydrogen-bond acceptors (Lipinski definition) is 4. The minimum atomic E-state index is 0.132. The lowest BCUT2D eigenvalue weighted by molar-refractivity contribution is -0.121. The molecule has 0 unspecified atom stereocenters. The van der Waals surface area contributed by atoms with Crippen LogP contribution < -0.4 is 5.32 Å². The molecule has 1 amide bonds. The van der Waals surface area contributed by atoms with Gasteiger partial charge in [0.25, 0.3) is 0 Å². The van der Waals surface area contributed by atoms with Crippen LogP contribution in [0.1, 0.15) is 63.1 Å². The van der Waals surface area contributed by atoms with Gasteiger partial charge in [-0.2, -0.15) is 0 Å². The van der Waals surface area contributed by atoms with Gasteiger partial charge in [-0.05, 0) is 32.7 Å². The third-order valence-electron chi connectivity index (χ3n) is 6.91. The maximum Gasteiger partial charge on any atom is 0.220 e. The van der Waals surface area contributed by atoms with E-state index in [9.17, 15) is 4.79 Å². The quantitative estimate of drug-likeness (QED) is 0.899. The first kappa shape index (κ1) is 18.0. The van der Waals surface area contributed by atoms with Crippen molar-refractivity contribution in [1.82, 2.24) is 24.7 Å². The van der Waals surface area contributed by atoms with Crippen molar-refractivity contribution in [3.8, 4) is 0 Å². The van der Waals surface area contributed by atoms with Crippen LogP contribution >= 0.6 is 0 Å². The average molecular weight is 360 g/mol. The Morgan fingerprint density at radius 3 is 2.92 bits per heavy atom. The zero-order chi connectivity index (χ0) is 18.0. The fourth-order valence-corrected chi connectivity index (χ4v) is 5.19. The summed E-state index contributed by atoms with van der Waals surface area (Å²) in [6, 6.07) is 0.641. The molecule has 1 aromatic heterocycles. The van der Waals surface area contributed by atoms with Gasteiger partial charge in [-0.3, -0.25) is 14.6 Å². The van der Waals surface area contributed by atoms with E-state index in [4.69, 9.17) is 0 Å². The predicted molar refractivity (Wildman–Crippen MR) is 102 cm³/mol. The van der Waals surface area contributed by atoms with Crippen LogP contribution in [0.5, 0.6) is 0 Å². The van der Waals surface area contributed by atoms with Gasteiger partial charge >= 0.3 is 0 Å². The maximum absolute atomic E-state index is 11.8. The number of aromatic nitrogens is 2. The number of piperazine rings is 1. The topological polar surface area (TPSA) is 53.4 Å². The van der Waals surface area contributed by atoms with Crippen molar-refractivity contribution in [2.24, 2.45) is 0 Å². The number of hydrogen-bond donors (Lipinski definition) is 1. The van der Waals surface area contributed by atoms with Gasteiger partial charge in [0.1, 0.15) is 0 Å². The number of imidazole rings is 1. The molecule has 6 nitrogen and oxygen atoms in total. The van der Waals surface area contributed by atoms with Gasteiger partial charge in [-0.1, -0.05) is 19.3 Å². The van der Waals surface area contributed by atoms with Crippen LogP contribution in [0.25, 0.3) is 0 Å². The molecular weight excluding hydrogens is 326 g/mol. The van der Waals surface area contributed by atoms with Crippen LogP contribution in [0.2, 0.25) is 0 Å². The molecule has 1 N–H and O–H groups in total. The fraction of sp³-hybridized carbons (Fsp3) is 0.800. The van der Waals surface area contributed by atoms with E-state index in [1.807, 2.05) is 6.33 Å². The first-order valence-electron chi connectivity index (χ1n) is 10.4. The third-order valence-corrected chi connectivity index (χ3v) is 6.91. The van der Waals surface area contributed by atoms with E-state index in [1.165, 1.54) is 37.8 Å². The van der Waals surface area contributed by atoms with Crippen LogP contribution in [0.15, 0.2) is 12.5 Å². The number of nitrogens with one attached hydrogen (secondary N) is 1. The molecule has 2 aliphatic heterocycles. The molecule has 4 rings (SSSR count). The summed E-state index contributed by atoms with van der Waals surface area (Å²) in [4.78, 5) is 21.4. The second kappa shape index (κ2) is 7.69. The molecule has 0 bridgehead atoms. The Bertz CT molecular complexity index is 623.